The number of anilines is 1. The van der Waals surface area contributed by atoms with Gasteiger partial charge in [-0.25, -0.2) is 9.97 Å². The molecule has 0 radical (unpaired) electrons. The number of fused-ring (bicyclic) bond motifs is 1. The van der Waals surface area contributed by atoms with E-state index in [4.69, 9.17) is 19.6 Å². The van der Waals surface area contributed by atoms with E-state index in [0.717, 1.165) is 40.9 Å². The molecule has 3 aromatic rings. The van der Waals surface area contributed by atoms with Crippen molar-refractivity contribution >= 4 is 29.7 Å². The van der Waals surface area contributed by atoms with Gasteiger partial charge in [-0.2, -0.15) is 0 Å². The maximum Gasteiger partial charge on any atom is 0.290 e. The number of piperidine rings is 1. The Bertz CT molecular complexity index is 1020. The van der Waals surface area contributed by atoms with Crippen molar-refractivity contribution in [3.8, 4) is 5.75 Å². The summed E-state index contributed by atoms with van der Waals surface area (Å²) in [6.45, 7) is 6.96. The molecule has 0 aliphatic carbocycles. The first-order chi connectivity index (χ1) is 15.6. The largest absolute Gasteiger partial charge is 0.496 e. The second-order valence-electron chi connectivity index (χ2n) is 7.80. The number of hydrogen-bond donors (Lipinski definition) is 3. The molecule has 8 nitrogen and oxygen atoms in total. The van der Waals surface area contributed by atoms with Gasteiger partial charge < -0.3 is 20.5 Å². The Morgan fingerprint density at radius 2 is 2.06 bits per heavy atom. The molecule has 3 N–H and O–H groups in total. The maximum atomic E-state index is 8.36. The monoisotopic (exact) mass is 457 g/mol. The first kappa shape index (κ1) is 23.9. The van der Waals surface area contributed by atoms with E-state index in [1.165, 1.54) is 18.5 Å². The molecule has 1 saturated heterocycles. The van der Waals surface area contributed by atoms with E-state index in [2.05, 4.69) is 46.1 Å². The van der Waals surface area contributed by atoms with E-state index in [-0.39, 0.29) is 6.47 Å². The molecule has 3 heterocycles. The summed E-state index contributed by atoms with van der Waals surface area (Å²) in [6.07, 6.45) is 6.47. The third-order valence-corrected chi connectivity index (χ3v) is 6.55. The summed E-state index contributed by atoms with van der Waals surface area (Å²) < 4.78 is 7.69. The quantitative estimate of drug-likeness (QED) is 0.458. The van der Waals surface area contributed by atoms with Crippen molar-refractivity contribution in [1.82, 2.24) is 19.7 Å². The predicted molar refractivity (Wildman–Crippen MR) is 128 cm³/mol. The predicted octanol–water partition coefficient (Wildman–Crippen LogP) is 4.02. The zero-order valence-corrected chi connectivity index (χ0v) is 19.6. The van der Waals surface area contributed by atoms with Crippen LogP contribution < -0.4 is 15.4 Å². The van der Waals surface area contributed by atoms with Crippen LogP contribution in [-0.2, 0) is 11.3 Å². The SMILES string of the molecule is COc1ccccc1CNc1nc(SC2CCNCC2)cn2c(C(C)C)cnc12.O=CO. The van der Waals surface area contributed by atoms with Gasteiger partial charge in [0.2, 0.25) is 0 Å². The van der Waals surface area contributed by atoms with Crippen LogP contribution in [0.2, 0.25) is 0 Å². The lowest BCUT2D eigenvalue weighted by atomic mass is 10.1. The van der Waals surface area contributed by atoms with Crippen molar-refractivity contribution < 1.29 is 14.6 Å². The normalized spacial score (nSPS) is 14.1. The lowest BCUT2D eigenvalue weighted by molar-refractivity contribution is -0.122. The third-order valence-electron chi connectivity index (χ3n) is 5.30. The minimum absolute atomic E-state index is 0.250. The highest BCUT2D eigenvalue weighted by molar-refractivity contribution is 7.99. The minimum Gasteiger partial charge on any atom is -0.496 e. The number of hydrogen-bond acceptors (Lipinski definition) is 7. The van der Waals surface area contributed by atoms with Crippen molar-refractivity contribution in [3.63, 3.8) is 0 Å². The van der Waals surface area contributed by atoms with Gasteiger partial charge in [0, 0.05) is 35.4 Å². The van der Waals surface area contributed by atoms with Gasteiger partial charge in [0.05, 0.1) is 7.11 Å². The van der Waals surface area contributed by atoms with Gasteiger partial charge >= 0.3 is 0 Å². The van der Waals surface area contributed by atoms with Crippen molar-refractivity contribution in [2.24, 2.45) is 0 Å². The van der Waals surface area contributed by atoms with Crippen molar-refractivity contribution in [2.45, 2.75) is 49.4 Å². The lowest BCUT2D eigenvalue weighted by Crippen LogP contribution is -2.29. The van der Waals surface area contributed by atoms with Crippen molar-refractivity contribution in [3.05, 3.63) is 47.9 Å². The molecular weight excluding hydrogens is 426 g/mol. The summed E-state index contributed by atoms with van der Waals surface area (Å²) in [5, 5.41) is 15.5. The summed E-state index contributed by atoms with van der Waals surface area (Å²) in [7, 11) is 1.70. The molecule has 0 spiro atoms. The van der Waals surface area contributed by atoms with Crippen LogP contribution in [0.15, 0.2) is 41.7 Å². The zero-order chi connectivity index (χ0) is 22.9. The molecule has 9 heteroatoms. The number of ether oxygens (including phenoxy) is 1. The van der Waals surface area contributed by atoms with Crippen LogP contribution in [0.4, 0.5) is 5.82 Å². The summed E-state index contributed by atoms with van der Waals surface area (Å²) in [5.74, 6) is 2.09. The minimum atomic E-state index is -0.250. The van der Waals surface area contributed by atoms with E-state index >= 15 is 0 Å². The van der Waals surface area contributed by atoms with Gasteiger partial charge in [0.1, 0.15) is 10.8 Å². The Kier molecular flexibility index (Phi) is 8.75. The Morgan fingerprint density at radius 1 is 1.34 bits per heavy atom. The van der Waals surface area contributed by atoms with E-state index in [9.17, 15) is 0 Å². The molecule has 1 fully saturated rings. The fourth-order valence-corrected chi connectivity index (χ4v) is 4.82. The van der Waals surface area contributed by atoms with Crippen LogP contribution in [0.1, 0.15) is 43.9 Å². The smallest absolute Gasteiger partial charge is 0.290 e. The van der Waals surface area contributed by atoms with Gasteiger partial charge in [0.15, 0.2) is 11.5 Å². The highest BCUT2D eigenvalue weighted by Gasteiger charge is 2.18. The molecule has 0 unspecified atom stereocenters. The number of aromatic nitrogens is 3. The molecule has 0 amide bonds. The zero-order valence-electron chi connectivity index (χ0n) is 18.7. The molecule has 1 aliphatic heterocycles. The molecule has 32 heavy (non-hydrogen) atoms. The highest BCUT2D eigenvalue weighted by atomic mass is 32.2. The number of rotatable bonds is 7. The number of carbonyl (C=O) groups is 1. The van der Waals surface area contributed by atoms with Gasteiger partial charge in [-0.15, -0.1) is 11.8 Å². The number of thioether (sulfide) groups is 1. The van der Waals surface area contributed by atoms with Crippen LogP contribution in [0, 0.1) is 0 Å². The number of nitrogens with one attached hydrogen (secondary N) is 2. The molecule has 0 saturated carbocycles. The summed E-state index contributed by atoms with van der Waals surface area (Å²) in [5.41, 5.74) is 3.18. The maximum absolute atomic E-state index is 8.36. The second kappa shape index (κ2) is 11.7. The molecule has 0 atom stereocenters. The van der Waals surface area contributed by atoms with Gasteiger partial charge in [-0.1, -0.05) is 32.0 Å². The number of para-hydroxylation sites is 1. The summed E-state index contributed by atoms with van der Waals surface area (Å²) in [4.78, 5) is 18.0. The Hall–Kier alpha value is -2.78. The van der Waals surface area contributed by atoms with E-state index < -0.39 is 0 Å². The van der Waals surface area contributed by atoms with Crippen LogP contribution in [0.5, 0.6) is 5.75 Å². The number of nitrogens with zero attached hydrogens (tertiary/aromatic N) is 3. The fourth-order valence-electron chi connectivity index (χ4n) is 3.70. The van der Waals surface area contributed by atoms with Crippen molar-refractivity contribution in [1.29, 1.82) is 0 Å². The lowest BCUT2D eigenvalue weighted by Gasteiger charge is -2.22. The van der Waals surface area contributed by atoms with Crippen LogP contribution in [-0.4, -0.2) is 51.4 Å². The van der Waals surface area contributed by atoms with Gasteiger partial charge in [-0.05, 0) is 37.9 Å². The standard InChI is InChI=1S/C22H29N5OS.CH2O2/c1-15(2)18-13-25-22-21(24-12-16-6-4-5-7-19(16)28-3)26-20(14-27(18)22)29-17-8-10-23-11-9-17;2-1-3/h4-7,13-15,17,23H,8-12H2,1-3H3,(H,24,26);1H,(H,2,3). The van der Waals surface area contributed by atoms with Crippen LogP contribution in [0.3, 0.4) is 0 Å². The highest BCUT2D eigenvalue weighted by Crippen LogP contribution is 2.31. The fraction of sp³-hybridized carbons (Fsp3) is 0.435. The average molecular weight is 458 g/mol. The number of carboxylic acid groups (broad SMARTS) is 1. The van der Waals surface area contributed by atoms with E-state index in [1.54, 1.807) is 7.11 Å². The third kappa shape index (κ3) is 5.92. The van der Waals surface area contributed by atoms with E-state index in [1.807, 2.05) is 36.2 Å². The second-order valence-corrected chi connectivity index (χ2v) is 9.12. The first-order valence-electron chi connectivity index (χ1n) is 10.8. The Labute approximate surface area is 192 Å². The molecule has 2 aromatic heterocycles. The number of benzene rings is 1. The molecule has 1 aromatic carbocycles. The van der Waals surface area contributed by atoms with Gasteiger partial charge in [0.25, 0.3) is 6.47 Å². The molecule has 0 bridgehead atoms. The average Bonchev–Trinajstić information content (AvgIpc) is 3.23. The molecule has 172 valence electrons. The first-order valence-corrected chi connectivity index (χ1v) is 11.6. The summed E-state index contributed by atoms with van der Waals surface area (Å²) >= 11 is 1.88. The van der Waals surface area contributed by atoms with Crippen LogP contribution in [0.25, 0.3) is 5.65 Å². The number of imidazole rings is 1. The molecular formula is C23H31N5O3S. The van der Waals surface area contributed by atoms with E-state index in [0.29, 0.717) is 17.7 Å². The topological polar surface area (TPSA) is 101 Å². The Balaban J connectivity index is 0.000000913. The summed E-state index contributed by atoms with van der Waals surface area (Å²) in [6, 6.07) is 8.06. The molecule has 1 aliphatic rings. The van der Waals surface area contributed by atoms with Crippen molar-refractivity contribution in [2.75, 3.05) is 25.5 Å². The number of methoxy groups -OCH3 is 1. The Morgan fingerprint density at radius 3 is 2.75 bits per heavy atom. The van der Waals surface area contributed by atoms with Crippen LogP contribution >= 0.6 is 11.8 Å². The molecule has 4 rings (SSSR count). The van der Waals surface area contributed by atoms with Gasteiger partial charge in [-0.3, -0.25) is 9.20 Å².